The second-order valence-electron chi connectivity index (χ2n) is 4.52. The van der Waals surface area contributed by atoms with E-state index in [4.69, 9.17) is 14.6 Å². The lowest BCUT2D eigenvalue weighted by atomic mass is 10.1. The molecule has 0 saturated carbocycles. The second-order valence-corrected chi connectivity index (χ2v) is 4.52. The van der Waals surface area contributed by atoms with Crippen LogP contribution >= 0.6 is 0 Å². The molecule has 1 aromatic rings. The third-order valence-corrected chi connectivity index (χ3v) is 2.90. The molecule has 110 valence electrons. The van der Waals surface area contributed by atoms with E-state index < -0.39 is 30.1 Å². The Labute approximate surface area is 113 Å². The van der Waals surface area contributed by atoms with Gasteiger partial charge in [-0.1, -0.05) is 12.1 Å². The molecule has 0 radical (unpaired) electrons. The molecule has 1 heterocycles. The van der Waals surface area contributed by atoms with Crippen molar-refractivity contribution in [2.45, 2.75) is 31.4 Å². The maximum absolute atomic E-state index is 12.4. The monoisotopic (exact) mass is 290 g/mol. The van der Waals surface area contributed by atoms with E-state index >= 15 is 0 Å². The van der Waals surface area contributed by atoms with Gasteiger partial charge in [0.2, 0.25) is 0 Å². The molecular weight excluding hydrogens is 277 g/mol. The summed E-state index contributed by atoms with van der Waals surface area (Å²) in [5, 5.41) is 8.61. The number of alkyl halides is 3. The summed E-state index contributed by atoms with van der Waals surface area (Å²) in [5.41, 5.74) is -0.0720. The van der Waals surface area contributed by atoms with Crippen molar-refractivity contribution in [3.63, 3.8) is 0 Å². The largest absolute Gasteiger partial charge is 0.481 e. The van der Waals surface area contributed by atoms with Crippen molar-refractivity contribution in [3.05, 3.63) is 35.4 Å². The van der Waals surface area contributed by atoms with Crippen molar-refractivity contribution in [1.29, 1.82) is 0 Å². The zero-order valence-corrected chi connectivity index (χ0v) is 10.4. The highest BCUT2D eigenvalue weighted by Crippen LogP contribution is 2.29. The number of aliphatic carboxylic acids is 1. The summed E-state index contributed by atoms with van der Waals surface area (Å²) in [6.45, 7) is 0.178. The Morgan fingerprint density at radius 1 is 1.30 bits per heavy atom. The fourth-order valence-electron chi connectivity index (χ4n) is 1.94. The molecule has 1 aliphatic heterocycles. The molecular formula is C13H13F3O4. The number of halogens is 3. The lowest BCUT2D eigenvalue weighted by molar-refractivity contribution is -0.140. The highest BCUT2D eigenvalue weighted by atomic mass is 19.4. The maximum atomic E-state index is 12.4. The van der Waals surface area contributed by atoms with Crippen LogP contribution < -0.4 is 0 Å². The fraction of sp³-hybridized carbons (Fsp3) is 0.462. The summed E-state index contributed by atoms with van der Waals surface area (Å²) in [7, 11) is 0. The van der Waals surface area contributed by atoms with Gasteiger partial charge < -0.3 is 14.6 Å². The molecule has 1 fully saturated rings. The van der Waals surface area contributed by atoms with Crippen LogP contribution in [-0.2, 0) is 26.9 Å². The Morgan fingerprint density at radius 3 is 2.50 bits per heavy atom. The molecule has 4 nitrogen and oxygen atoms in total. The number of carboxylic acids is 1. The zero-order chi connectivity index (χ0) is 14.8. The molecule has 0 aliphatic carbocycles. The number of carbonyl (C=O) groups is 1. The Kier molecular flexibility index (Phi) is 4.29. The normalized spacial score (nSPS) is 22.9. The summed E-state index contributed by atoms with van der Waals surface area (Å²) in [5.74, 6) is -0.978. The quantitative estimate of drug-likeness (QED) is 0.925. The van der Waals surface area contributed by atoms with Crippen molar-refractivity contribution in [2.75, 3.05) is 6.61 Å². The van der Waals surface area contributed by atoms with Crippen LogP contribution in [-0.4, -0.2) is 30.1 Å². The molecule has 1 saturated heterocycles. The SMILES string of the molecule is O=C(O)CC1COC(Cc2ccc(C(F)(F)F)cc2)O1. The van der Waals surface area contributed by atoms with Crippen LogP contribution in [0.15, 0.2) is 24.3 Å². The number of hydrogen-bond acceptors (Lipinski definition) is 3. The number of ether oxygens (including phenoxy) is 2. The first-order valence-corrected chi connectivity index (χ1v) is 5.99. The predicted molar refractivity (Wildman–Crippen MR) is 62.0 cm³/mol. The topological polar surface area (TPSA) is 55.8 Å². The standard InChI is InChI=1S/C13H13F3O4/c14-13(15,16)9-3-1-8(2-4-9)5-12-19-7-10(20-12)6-11(17)18/h1-4,10,12H,5-7H2,(H,17,18). The summed E-state index contributed by atoms with van der Waals surface area (Å²) in [6.07, 6.45) is -5.34. The van der Waals surface area contributed by atoms with Crippen LogP contribution in [0.1, 0.15) is 17.5 Å². The van der Waals surface area contributed by atoms with Gasteiger partial charge in [0.25, 0.3) is 0 Å². The van der Waals surface area contributed by atoms with Crippen molar-refractivity contribution < 1.29 is 32.5 Å². The molecule has 2 atom stereocenters. The van der Waals surface area contributed by atoms with Crippen LogP contribution in [0.5, 0.6) is 0 Å². The number of carboxylic acid groups (broad SMARTS) is 1. The summed E-state index contributed by atoms with van der Waals surface area (Å²) < 4.78 is 47.8. The van der Waals surface area contributed by atoms with Gasteiger partial charge in [0.1, 0.15) is 0 Å². The van der Waals surface area contributed by atoms with Gasteiger partial charge in [-0.3, -0.25) is 4.79 Å². The van der Waals surface area contributed by atoms with E-state index in [-0.39, 0.29) is 19.4 Å². The van der Waals surface area contributed by atoms with Crippen LogP contribution in [0.25, 0.3) is 0 Å². The van der Waals surface area contributed by atoms with Crippen LogP contribution in [0.2, 0.25) is 0 Å². The molecule has 1 aliphatic rings. The summed E-state index contributed by atoms with van der Waals surface area (Å²) in [6, 6.07) is 4.72. The molecule has 2 unspecified atom stereocenters. The number of rotatable bonds is 4. The molecule has 20 heavy (non-hydrogen) atoms. The minimum Gasteiger partial charge on any atom is -0.481 e. The molecule has 0 bridgehead atoms. The first kappa shape index (κ1) is 14.8. The second kappa shape index (κ2) is 5.80. The smallest absolute Gasteiger partial charge is 0.416 e. The molecule has 1 N–H and O–H groups in total. The van der Waals surface area contributed by atoms with Gasteiger partial charge in [0.15, 0.2) is 6.29 Å². The average molecular weight is 290 g/mol. The molecule has 0 aromatic heterocycles. The molecule has 0 spiro atoms. The molecule has 0 amide bonds. The van der Waals surface area contributed by atoms with Gasteiger partial charge >= 0.3 is 12.1 Å². The first-order valence-electron chi connectivity index (χ1n) is 5.99. The van der Waals surface area contributed by atoms with Crippen LogP contribution in [0.3, 0.4) is 0 Å². The molecule has 1 aromatic carbocycles. The van der Waals surface area contributed by atoms with E-state index in [1.807, 2.05) is 0 Å². The average Bonchev–Trinajstić information content (AvgIpc) is 2.75. The highest BCUT2D eigenvalue weighted by Gasteiger charge is 2.31. The van der Waals surface area contributed by atoms with Gasteiger partial charge in [-0.25, -0.2) is 0 Å². The highest BCUT2D eigenvalue weighted by molar-refractivity contribution is 5.67. The Bertz CT molecular complexity index is 469. The van der Waals surface area contributed by atoms with Crippen LogP contribution in [0.4, 0.5) is 13.2 Å². The van der Waals surface area contributed by atoms with Crippen molar-refractivity contribution in [3.8, 4) is 0 Å². The zero-order valence-electron chi connectivity index (χ0n) is 10.4. The van der Waals surface area contributed by atoms with Crippen molar-refractivity contribution in [1.82, 2.24) is 0 Å². The van der Waals surface area contributed by atoms with E-state index in [0.29, 0.717) is 5.56 Å². The van der Waals surface area contributed by atoms with Gasteiger partial charge in [-0.2, -0.15) is 13.2 Å². The third kappa shape index (κ3) is 3.94. The van der Waals surface area contributed by atoms with Crippen molar-refractivity contribution >= 4 is 5.97 Å². The number of hydrogen-bond donors (Lipinski definition) is 1. The van der Waals surface area contributed by atoms with E-state index in [1.165, 1.54) is 12.1 Å². The van der Waals surface area contributed by atoms with Gasteiger partial charge in [0.05, 0.1) is 24.7 Å². The Balaban J connectivity index is 1.90. The summed E-state index contributed by atoms with van der Waals surface area (Å²) in [4.78, 5) is 10.5. The lowest BCUT2D eigenvalue weighted by Gasteiger charge is -2.11. The van der Waals surface area contributed by atoms with Gasteiger partial charge in [-0.05, 0) is 17.7 Å². The van der Waals surface area contributed by atoms with E-state index in [9.17, 15) is 18.0 Å². The van der Waals surface area contributed by atoms with Crippen molar-refractivity contribution in [2.24, 2.45) is 0 Å². The molecule has 7 heteroatoms. The minimum absolute atomic E-state index is 0.149. The first-order chi connectivity index (χ1) is 9.34. The Hall–Kier alpha value is -1.60. The van der Waals surface area contributed by atoms with Crippen LogP contribution in [0, 0.1) is 0 Å². The Morgan fingerprint density at radius 2 is 1.95 bits per heavy atom. The number of benzene rings is 1. The van der Waals surface area contributed by atoms with E-state index in [1.54, 1.807) is 0 Å². The maximum Gasteiger partial charge on any atom is 0.416 e. The molecule has 2 rings (SSSR count). The summed E-state index contributed by atoms with van der Waals surface area (Å²) >= 11 is 0. The van der Waals surface area contributed by atoms with Gasteiger partial charge in [0, 0.05) is 6.42 Å². The minimum atomic E-state index is -4.36. The van der Waals surface area contributed by atoms with E-state index in [2.05, 4.69) is 0 Å². The van der Waals surface area contributed by atoms with E-state index in [0.717, 1.165) is 12.1 Å². The fourth-order valence-corrected chi connectivity index (χ4v) is 1.94. The third-order valence-electron chi connectivity index (χ3n) is 2.90. The predicted octanol–water partition coefficient (Wildman–Crippen LogP) is 2.46. The lowest BCUT2D eigenvalue weighted by Crippen LogP contribution is -2.17. The van der Waals surface area contributed by atoms with Gasteiger partial charge in [-0.15, -0.1) is 0 Å².